The average molecular weight is 365 g/mol. The molecule has 0 radical (unpaired) electrons. The van der Waals surface area contributed by atoms with E-state index in [0.29, 0.717) is 16.5 Å². The third-order valence-corrected chi connectivity index (χ3v) is 5.89. The summed E-state index contributed by atoms with van der Waals surface area (Å²) in [4.78, 5) is 28.7. The number of rotatable bonds is 2. The average Bonchev–Trinajstić information content (AvgIpc) is 2.89. The number of nitrogens with zero attached hydrogens (tertiary/aromatic N) is 1. The fourth-order valence-electron chi connectivity index (χ4n) is 3.52. The van der Waals surface area contributed by atoms with E-state index in [-0.39, 0.29) is 17.1 Å². The zero-order valence-electron chi connectivity index (χ0n) is 15.1. The predicted molar refractivity (Wildman–Crippen MR) is 104 cm³/mol. The Morgan fingerprint density at radius 3 is 2.35 bits per heavy atom. The van der Waals surface area contributed by atoms with Crippen LogP contribution in [0.2, 0.25) is 0 Å². The van der Waals surface area contributed by atoms with E-state index in [2.05, 4.69) is 0 Å². The van der Waals surface area contributed by atoms with Crippen molar-refractivity contribution < 1.29 is 9.21 Å². The zero-order valence-corrected chi connectivity index (χ0v) is 15.9. The molecule has 2 aromatic carbocycles. The maximum atomic E-state index is 13.2. The molecule has 0 fully saturated rings. The summed E-state index contributed by atoms with van der Waals surface area (Å²) in [6, 6.07) is 11.2. The molecule has 0 aliphatic carbocycles. The Hall–Kier alpha value is -2.53. The molecule has 4 rings (SSSR count). The van der Waals surface area contributed by atoms with Crippen LogP contribution in [0.4, 0.5) is 0 Å². The van der Waals surface area contributed by atoms with Gasteiger partial charge in [0, 0.05) is 11.9 Å². The van der Waals surface area contributed by atoms with Gasteiger partial charge < -0.3 is 9.32 Å². The third-order valence-electron chi connectivity index (χ3n) is 5.15. The third kappa shape index (κ3) is 2.38. The summed E-state index contributed by atoms with van der Waals surface area (Å²) in [6.07, 6.45) is 2.01. The Morgan fingerprint density at radius 2 is 1.69 bits per heavy atom. The minimum Gasteiger partial charge on any atom is -0.450 e. The first-order valence-corrected chi connectivity index (χ1v) is 9.64. The van der Waals surface area contributed by atoms with Crippen molar-refractivity contribution in [3.63, 3.8) is 0 Å². The first kappa shape index (κ1) is 16.9. The molecule has 1 amide bonds. The van der Waals surface area contributed by atoms with Gasteiger partial charge in [-0.3, -0.25) is 9.59 Å². The second-order valence-corrected chi connectivity index (χ2v) is 7.58. The van der Waals surface area contributed by atoms with Crippen molar-refractivity contribution in [1.29, 1.82) is 0 Å². The molecule has 4 nitrogen and oxygen atoms in total. The van der Waals surface area contributed by atoms with E-state index in [4.69, 9.17) is 4.42 Å². The lowest BCUT2D eigenvalue weighted by Crippen LogP contribution is -2.25. The monoisotopic (exact) mass is 365 g/mol. The molecule has 1 unspecified atom stereocenters. The lowest BCUT2D eigenvalue weighted by atomic mass is 9.98. The predicted octanol–water partition coefficient (Wildman–Crippen LogP) is 4.31. The van der Waals surface area contributed by atoms with Gasteiger partial charge in [-0.25, -0.2) is 0 Å². The van der Waals surface area contributed by atoms with E-state index >= 15 is 0 Å². The van der Waals surface area contributed by atoms with Crippen molar-refractivity contribution in [3.05, 3.63) is 74.6 Å². The number of benzene rings is 2. The van der Waals surface area contributed by atoms with Gasteiger partial charge in [-0.1, -0.05) is 12.1 Å². The van der Waals surface area contributed by atoms with Gasteiger partial charge in [0.15, 0.2) is 5.43 Å². The molecule has 0 saturated carbocycles. The summed E-state index contributed by atoms with van der Waals surface area (Å²) < 4.78 is 5.90. The number of hydrogen-bond acceptors (Lipinski definition) is 4. The summed E-state index contributed by atoms with van der Waals surface area (Å²) in [6.45, 7) is 3.93. The van der Waals surface area contributed by atoms with E-state index < -0.39 is 6.04 Å². The van der Waals surface area contributed by atoms with Crippen LogP contribution in [-0.4, -0.2) is 24.1 Å². The smallest absolute Gasteiger partial charge is 0.290 e. The SMILES string of the molecule is CSc1ccc(C2c3c(oc4cc(C)c(C)cc4c3=O)C(=O)N2C)cc1. The van der Waals surface area contributed by atoms with E-state index in [0.717, 1.165) is 21.6 Å². The molecule has 2 heterocycles. The summed E-state index contributed by atoms with van der Waals surface area (Å²) in [5, 5.41) is 0.528. The molecular formula is C21H19NO3S. The molecule has 0 bridgehead atoms. The fourth-order valence-corrected chi connectivity index (χ4v) is 3.93. The first-order chi connectivity index (χ1) is 12.4. The Morgan fingerprint density at radius 1 is 1.04 bits per heavy atom. The first-order valence-electron chi connectivity index (χ1n) is 8.41. The maximum Gasteiger partial charge on any atom is 0.290 e. The standard InChI is InChI=1S/C21H19NO3S/c1-11-9-15-16(10-12(11)2)25-20-17(19(15)23)18(22(3)21(20)24)13-5-7-14(26-4)8-6-13/h5-10,18H,1-4H3. The van der Waals surface area contributed by atoms with E-state index in [1.807, 2.05) is 56.5 Å². The molecular weight excluding hydrogens is 346 g/mol. The van der Waals surface area contributed by atoms with Crippen LogP contribution in [0.15, 0.2) is 50.5 Å². The summed E-state index contributed by atoms with van der Waals surface area (Å²) >= 11 is 1.65. The molecule has 1 aliphatic rings. The van der Waals surface area contributed by atoms with Crippen LogP contribution in [0.25, 0.3) is 11.0 Å². The minimum atomic E-state index is -0.421. The molecule has 1 aliphatic heterocycles. The van der Waals surface area contributed by atoms with Crippen molar-refractivity contribution >= 4 is 28.6 Å². The molecule has 5 heteroatoms. The second kappa shape index (κ2) is 6.02. The van der Waals surface area contributed by atoms with Crippen molar-refractivity contribution in [2.24, 2.45) is 0 Å². The molecule has 0 saturated heterocycles. The Balaban J connectivity index is 1.98. The van der Waals surface area contributed by atoms with E-state index in [1.54, 1.807) is 23.7 Å². The van der Waals surface area contributed by atoms with Gasteiger partial charge in [0.2, 0.25) is 5.76 Å². The highest BCUT2D eigenvalue weighted by Gasteiger charge is 2.40. The zero-order chi connectivity index (χ0) is 18.6. The largest absolute Gasteiger partial charge is 0.450 e. The van der Waals surface area contributed by atoms with E-state index in [9.17, 15) is 9.59 Å². The summed E-state index contributed by atoms with van der Waals surface area (Å²) in [5.41, 5.74) is 3.75. The topological polar surface area (TPSA) is 50.5 Å². The minimum absolute atomic E-state index is 0.124. The number of aryl methyl sites for hydroxylation is 2. The van der Waals surface area contributed by atoms with Crippen molar-refractivity contribution in [2.75, 3.05) is 13.3 Å². The number of carbonyl (C=O) groups excluding carboxylic acids is 1. The van der Waals surface area contributed by atoms with Crippen LogP contribution < -0.4 is 5.43 Å². The van der Waals surface area contributed by atoms with Crippen LogP contribution in [0.3, 0.4) is 0 Å². The molecule has 26 heavy (non-hydrogen) atoms. The molecule has 1 atom stereocenters. The number of amides is 1. The Labute approximate surface area is 155 Å². The normalized spacial score (nSPS) is 16.4. The molecule has 0 spiro atoms. The van der Waals surface area contributed by atoms with Gasteiger partial charge in [0.25, 0.3) is 5.91 Å². The quantitative estimate of drug-likeness (QED) is 0.635. The van der Waals surface area contributed by atoms with Gasteiger partial charge in [-0.05, 0) is 61.1 Å². The molecule has 132 valence electrons. The highest BCUT2D eigenvalue weighted by Crippen LogP contribution is 2.37. The van der Waals surface area contributed by atoms with Crippen molar-refractivity contribution in [2.45, 2.75) is 24.8 Å². The van der Waals surface area contributed by atoms with E-state index in [1.165, 1.54) is 0 Å². The van der Waals surface area contributed by atoms with Gasteiger partial charge >= 0.3 is 0 Å². The van der Waals surface area contributed by atoms with Crippen LogP contribution >= 0.6 is 11.8 Å². The van der Waals surface area contributed by atoms with Crippen molar-refractivity contribution in [3.8, 4) is 0 Å². The van der Waals surface area contributed by atoms with Crippen LogP contribution in [0.5, 0.6) is 0 Å². The van der Waals surface area contributed by atoms with Crippen LogP contribution in [0.1, 0.15) is 38.9 Å². The van der Waals surface area contributed by atoms with Crippen LogP contribution in [-0.2, 0) is 0 Å². The lowest BCUT2D eigenvalue weighted by molar-refractivity contribution is 0.0771. The number of hydrogen-bond donors (Lipinski definition) is 0. The van der Waals surface area contributed by atoms with Crippen molar-refractivity contribution in [1.82, 2.24) is 4.90 Å². The number of fused-ring (bicyclic) bond motifs is 2. The molecule has 3 aromatic rings. The summed E-state index contributed by atoms with van der Waals surface area (Å²) in [7, 11) is 1.71. The number of carbonyl (C=O) groups is 1. The lowest BCUT2D eigenvalue weighted by Gasteiger charge is -2.20. The Bertz CT molecular complexity index is 1100. The molecule has 1 aromatic heterocycles. The highest BCUT2D eigenvalue weighted by molar-refractivity contribution is 7.98. The molecule has 0 N–H and O–H groups in total. The second-order valence-electron chi connectivity index (χ2n) is 6.70. The fraction of sp³-hybridized carbons (Fsp3) is 0.238. The van der Waals surface area contributed by atoms with Crippen LogP contribution in [0, 0.1) is 13.8 Å². The highest BCUT2D eigenvalue weighted by atomic mass is 32.2. The van der Waals surface area contributed by atoms with Gasteiger partial charge in [0.05, 0.1) is 17.0 Å². The maximum absolute atomic E-state index is 13.2. The van der Waals surface area contributed by atoms with Gasteiger partial charge in [-0.2, -0.15) is 0 Å². The van der Waals surface area contributed by atoms with Gasteiger partial charge in [0.1, 0.15) is 5.58 Å². The van der Waals surface area contributed by atoms with Gasteiger partial charge in [-0.15, -0.1) is 11.8 Å². The summed E-state index contributed by atoms with van der Waals surface area (Å²) in [5.74, 6) is -0.0941. The Kier molecular flexibility index (Phi) is 3.92. The number of thioether (sulfide) groups is 1.